The van der Waals surface area contributed by atoms with Crippen molar-refractivity contribution in [1.29, 1.82) is 0 Å². The Kier molecular flexibility index (Phi) is 7.73. The predicted octanol–water partition coefficient (Wildman–Crippen LogP) is 4.53. The van der Waals surface area contributed by atoms with Crippen LogP contribution in [0.1, 0.15) is 42.4 Å². The third kappa shape index (κ3) is 5.28. The van der Waals surface area contributed by atoms with Crippen LogP contribution in [0.3, 0.4) is 0 Å². The molecule has 2 aliphatic rings. The molecule has 2 aromatic carbocycles. The Hall–Kier alpha value is -3.66. The van der Waals surface area contributed by atoms with Gasteiger partial charge in [0.15, 0.2) is 17.1 Å². The Morgan fingerprint density at radius 3 is 2.58 bits per heavy atom. The SMILES string of the molecule is COC(=O)N1CCC2C1CCCC2(C#Cc1cccc(C)c1)OC(=O)Cc1ccc(OC)c(OC)c1. The molecule has 0 spiro atoms. The summed E-state index contributed by atoms with van der Waals surface area (Å²) in [5.41, 5.74) is 1.76. The molecule has 2 fully saturated rings. The summed E-state index contributed by atoms with van der Waals surface area (Å²) >= 11 is 0. The number of esters is 1. The van der Waals surface area contributed by atoms with Gasteiger partial charge in [0, 0.05) is 24.1 Å². The van der Waals surface area contributed by atoms with E-state index >= 15 is 0 Å². The molecule has 1 saturated heterocycles. The van der Waals surface area contributed by atoms with Crippen molar-refractivity contribution in [3.63, 3.8) is 0 Å². The van der Waals surface area contributed by atoms with Gasteiger partial charge in [-0.2, -0.15) is 0 Å². The maximum Gasteiger partial charge on any atom is 0.409 e. The highest BCUT2D eigenvalue weighted by Crippen LogP contribution is 2.45. The Labute approximate surface area is 212 Å². The minimum Gasteiger partial charge on any atom is -0.493 e. The number of hydrogen-bond acceptors (Lipinski definition) is 6. The number of ether oxygens (including phenoxy) is 4. The molecule has 3 unspecified atom stereocenters. The van der Waals surface area contributed by atoms with Gasteiger partial charge in [0.05, 0.1) is 27.8 Å². The zero-order valence-electron chi connectivity index (χ0n) is 21.3. The van der Waals surface area contributed by atoms with Crippen LogP contribution < -0.4 is 9.47 Å². The van der Waals surface area contributed by atoms with Crippen molar-refractivity contribution in [2.75, 3.05) is 27.9 Å². The van der Waals surface area contributed by atoms with E-state index < -0.39 is 5.60 Å². The number of nitrogens with zero attached hydrogens (tertiary/aromatic N) is 1. The van der Waals surface area contributed by atoms with E-state index in [0.29, 0.717) is 30.9 Å². The van der Waals surface area contributed by atoms with E-state index in [1.54, 1.807) is 31.3 Å². The summed E-state index contributed by atoms with van der Waals surface area (Å²) in [5.74, 6) is 7.34. The van der Waals surface area contributed by atoms with Crippen molar-refractivity contribution >= 4 is 12.1 Å². The second-order valence-corrected chi connectivity index (χ2v) is 9.37. The van der Waals surface area contributed by atoms with Crippen LogP contribution in [-0.2, 0) is 20.7 Å². The number of likely N-dealkylation sites (tertiary alicyclic amines) is 1. The van der Waals surface area contributed by atoms with Gasteiger partial charge in [0.25, 0.3) is 0 Å². The molecule has 4 rings (SSSR count). The third-order valence-corrected chi connectivity index (χ3v) is 7.13. The van der Waals surface area contributed by atoms with E-state index in [1.807, 2.05) is 37.3 Å². The van der Waals surface area contributed by atoms with Crippen LogP contribution >= 0.6 is 0 Å². The van der Waals surface area contributed by atoms with Crippen molar-refractivity contribution in [2.24, 2.45) is 5.92 Å². The monoisotopic (exact) mass is 491 g/mol. The maximum absolute atomic E-state index is 13.3. The number of carbonyl (C=O) groups is 2. The number of amides is 1. The van der Waals surface area contributed by atoms with Crippen LogP contribution in [0, 0.1) is 24.7 Å². The lowest BCUT2D eigenvalue weighted by Crippen LogP contribution is -2.52. The fraction of sp³-hybridized carbons (Fsp3) is 0.448. The van der Waals surface area contributed by atoms with Crippen molar-refractivity contribution < 1.29 is 28.5 Å². The predicted molar refractivity (Wildman–Crippen MR) is 135 cm³/mol. The van der Waals surface area contributed by atoms with Crippen molar-refractivity contribution in [3.8, 4) is 23.3 Å². The Balaban J connectivity index is 1.64. The number of methoxy groups -OCH3 is 3. The van der Waals surface area contributed by atoms with E-state index in [2.05, 4.69) is 11.8 Å². The first-order valence-electron chi connectivity index (χ1n) is 12.3. The Morgan fingerprint density at radius 2 is 1.86 bits per heavy atom. The van der Waals surface area contributed by atoms with Crippen LogP contribution in [0.15, 0.2) is 42.5 Å². The maximum atomic E-state index is 13.3. The number of rotatable bonds is 5. The minimum absolute atomic E-state index is 0.0757. The highest BCUT2D eigenvalue weighted by molar-refractivity contribution is 5.74. The standard InChI is InChI=1S/C29H33NO6/c1-20-7-5-8-21(17-20)12-15-29(14-6-9-24-23(29)13-16-30(24)28(32)35-4)36-27(31)19-22-10-11-25(33-2)26(18-22)34-3/h5,7-8,10-11,17-18,23-24H,6,9,13-14,16,19H2,1-4H3. The highest BCUT2D eigenvalue weighted by Gasteiger charge is 2.53. The molecular weight excluding hydrogens is 458 g/mol. The van der Waals surface area contributed by atoms with Gasteiger partial charge in [-0.3, -0.25) is 4.79 Å². The summed E-state index contributed by atoms with van der Waals surface area (Å²) in [4.78, 5) is 27.5. The third-order valence-electron chi connectivity index (χ3n) is 7.13. The van der Waals surface area contributed by atoms with Crippen LogP contribution in [0.25, 0.3) is 0 Å². The molecule has 190 valence electrons. The number of carbonyl (C=O) groups excluding carboxylic acids is 2. The molecule has 1 amide bonds. The molecule has 1 heterocycles. The van der Waals surface area contributed by atoms with Gasteiger partial charge >= 0.3 is 12.1 Å². The summed E-state index contributed by atoms with van der Waals surface area (Å²) in [7, 11) is 4.53. The summed E-state index contributed by atoms with van der Waals surface area (Å²) in [6.07, 6.45) is 2.68. The van der Waals surface area contributed by atoms with Crippen molar-refractivity contribution in [2.45, 2.75) is 50.7 Å². The molecule has 7 nitrogen and oxygen atoms in total. The molecule has 1 aliphatic heterocycles. The molecule has 0 N–H and O–H groups in total. The van der Waals surface area contributed by atoms with Gasteiger partial charge in [-0.25, -0.2) is 4.79 Å². The molecule has 1 saturated carbocycles. The summed E-state index contributed by atoms with van der Waals surface area (Å²) < 4.78 is 22.0. The van der Waals surface area contributed by atoms with Gasteiger partial charge in [-0.05, 0) is 73.9 Å². The lowest BCUT2D eigenvalue weighted by atomic mass is 9.72. The smallest absolute Gasteiger partial charge is 0.409 e. The summed E-state index contributed by atoms with van der Waals surface area (Å²) in [5, 5.41) is 0. The first-order chi connectivity index (χ1) is 17.4. The Bertz CT molecular complexity index is 1180. The second-order valence-electron chi connectivity index (χ2n) is 9.37. The summed E-state index contributed by atoms with van der Waals surface area (Å²) in [6, 6.07) is 13.3. The topological polar surface area (TPSA) is 74.3 Å². The molecule has 36 heavy (non-hydrogen) atoms. The molecule has 2 aromatic rings. The normalized spacial score (nSPS) is 22.6. The fourth-order valence-corrected chi connectivity index (χ4v) is 5.46. The quantitative estimate of drug-likeness (QED) is 0.452. The molecule has 3 atom stereocenters. The minimum atomic E-state index is -0.983. The van der Waals surface area contributed by atoms with Crippen molar-refractivity contribution in [3.05, 3.63) is 59.2 Å². The first kappa shape index (κ1) is 25.4. The lowest BCUT2D eigenvalue weighted by molar-refractivity contribution is -0.161. The van der Waals surface area contributed by atoms with E-state index in [1.165, 1.54) is 7.11 Å². The number of fused-ring (bicyclic) bond motifs is 1. The molecule has 7 heteroatoms. The van der Waals surface area contributed by atoms with Crippen LogP contribution in [0.5, 0.6) is 11.5 Å². The van der Waals surface area contributed by atoms with Gasteiger partial charge in [0.1, 0.15) is 0 Å². The summed E-state index contributed by atoms with van der Waals surface area (Å²) in [6.45, 7) is 2.58. The van der Waals surface area contributed by atoms with Gasteiger partial charge in [-0.1, -0.05) is 24.1 Å². The van der Waals surface area contributed by atoms with E-state index in [4.69, 9.17) is 18.9 Å². The van der Waals surface area contributed by atoms with Crippen LogP contribution in [0.2, 0.25) is 0 Å². The first-order valence-corrected chi connectivity index (χ1v) is 12.3. The molecule has 1 aliphatic carbocycles. The number of hydrogen-bond donors (Lipinski definition) is 0. The highest BCUT2D eigenvalue weighted by atomic mass is 16.6. The van der Waals surface area contributed by atoms with E-state index in [0.717, 1.165) is 29.5 Å². The van der Waals surface area contributed by atoms with Gasteiger partial charge in [0.2, 0.25) is 0 Å². The van der Waals surface area contributed by atoms with E-state index in [9.17, 15) is 9.59 Å². The van der Waals surface area contributed by atoms with Crippen LogP contribution in [-0.4, -0.2) is 56.5 Å². The van der Waals surface area contributed by atoms with Crippen LogP contribution in [0.4, 0.5) is 4.79 Å². The van der Waals surface area contributed by atoms with Gasteiger partial charge in [-0.15, -0.1) is 0 Å². The van der Waals surface area contributed by atoms with E-state index in [-0.39, 0.29) is 30.4 Å². The lowest BCUT2D eigenvalue weighted by Gasteiger charge is -2.42. The molecular formula is C29H33NO6. The number of benzene rings is 2. The number of aryl methyl sites for hydroxylation is 1. The van der Waals surface area contributed by atoms with Crippen molar-refractivity contribution in [1.82, 2.24) is 4.90 Å². The average Bonchev–Trinajstić information content (AvgIpc) is 3.32. The average molecular weight is 492 g/mol. The molecule has 0 aromatic heterocycles. The Morgan fingerprint density at radius 1 is 1.06 bits per heavy atom. The molecule has 0 bridgehead atoms. The largest absolute Gasteiger partial charge is 0.493 e. The zero-order chi connectivity index (χ0) is 25.7. The zero-order valence-corrected chi connectivity index (χ0v) is 21.3. The fourth-order valence-electron chi connectivity index (χ4n) is 5.46. The van der Waals surface area contributed by atoms with Gasteiger partial charge < -0.3 is 23.8 Å². The molecule has 0 radical (unpaired) electrons. The second kappa shape index (κ2) is 10.9.